The van der Waals surface area contributed by atoms with Crippen LogP contribution in [0.1, 0.15) is 46.5 Å². The van der Waals surface area contributed by atoms with Crippen LogP contribution in [0.15, 0.2) is 0 Å². The van der Waals surface area contributed by atoms with E-state index in [0.29, 0.717) is 6.42 Å². The van der Waals surface area contributed by atoms with E-state index in [-0.39, 0.29) is 12.8 Å². The van der Waals surface area contributed by atoms with Crippen LogP contribution in [0.5, 0.6) is 0 Å². The van der Waals surface area contributed by atoms with Crippen molar-refractivity contribution in [2.24, 2.45) is 11.7 Å². The lowest BCUT2D eigenvalue weighted by Crippen LogP contribution is -2.57. The molecule has 0 heterocycles. The fourth-order valence-corrected chi connectivity index (χ4v) is 2.41. The molecule has 0 spiro atoms. The van der Waals surface area contributed by atoms with E-state index in [1.54, 1.807) is 13.8 Å². The van der Waals surface area contributed by atoms with Gasteiger partial charge in [-0.25, -0.2) is 4.79 Å². The summed E-state index contributed by atoms with van der Waals surface area (Å²) in [6.07, 6.45) is -0.899. The molecule has 0 bridgehead atoms. The number of amides is 3. The number of nitrogens with one attached hydrogen (secondary N) is 3. The molecule has 0 aliphatic rings. The molecule has 0 aliphatic carbocycles. The topological polar surface area (TPSA) is 225 Å². The van der Waals surface area contributed by atoms with Crippen LogP contribution < -0.4 is 21.7 Å². The summed E-state index contributed by atoms with van der Waals surface area (Å²) < 4.78 is 0. The summed E-state index contributed by atoms with van der Waals surface area (Å²) in [5.74, 6) is -7.02. The highest BCUT2D eigenvalue weighted by Gasteiger charge is 2.32. The summed E-state index contributed by atoms with van der Waals surface area (Å²) in [7, 11) is 0. The molecular weight excluding hydrogens is 416 g/mol. The Morgan fingerprint density at radius 3 is 1.87 bits per heavy atom. The van der Waals surface area contributed by atoms with Crippen molar-refractivity contribution in [3.63, 3.8) is 0 Å². The molecule has 0 aromatic heterocycles. The quantitative estimate of drug-likeness (QED) is 0.159. The number of rotatable bonds is 14. The molecular formula is C18H30N4O9. The van der Waals surface area contributed by atoms with E-state index in [1.807, 2.05) is 0 Å². The lowest BCUT2D eigenvalue weighted by Gasteiger charge is -2.25. The second kappa shape index (κ2) is 13.2. The van der Waals surface area contributed by atoms with Crippen molar-refractivity contribution >= 4 is 35.6 Å². The minimum atomic E-state index is -1.59. The Kier molecular flexibility index (Phi) is 11.8. The van der Waals surface area contributed by atoms with Gasteiger partial charge in [-0.15, -0.1) is 0 Å². The lowest BCUT2D eigenvalue weighted by molar-refractivity contribution is -0.145. The predicted molar refractivity (Wildman–Crippen MR) is 106 cm³/mol. The number of aliphatic carboxylic acids is 3. The Hall–Kier alpha value is -3.22. The van der Waals surface area contributed by atoms with Crippen LogP contribution >= 0.6 is 0 Å². The Morgan fingerprint density at radius 1 is 0.839 bits per heavy atom. The number of carbonyl (C=O) groups is 6. The first-order valence-electron chi connectivity index (χ1n) is 9.63. The van der Waals surface area contributed by atoms with Gasteiger partial charge in [-0.2, -0.15) is 0 Å². The molecule has 31 heavy (non-hydrogen) atoms. The fraction of sp³-hybridized carbons (Fsp3) is 0.667. The SMILES string of the molecule is CCC(C)C(NC(=O)C(CC(=O)O)NC(=O)C(C)NC(=O)C(N)CCC(=O)O)C(=O)O. The van der Waals surface area contributed by atoms with Crippen molar-refractivity contribution in [1.29, 1.82) is 0 Å². The highest BCUT2D eigenvalue weighted by Crippen LogP contribution is 2.09. The Labute approximate surface area is 178 Å². The minimum absolute atomic E-state index is 0.161. The number of carboxylic acids is 3. The minimum Gasteiger partial charge on any atom is -0.481 e. The molecule has 5 unspecified atom stereocenters. The van der Waals surface area contributed by atoms with Crippen molar-refractivity contribution < 1.29 is 44.1 Å². The van der Waals surface area contributed by atoms with Gasteiger partial charge in [-0.1, -0.05) is 20.3 Å². The molecule has 0 rings (SSSR count). The van der Waals surface area contributed by atoms with Crippen molar-refractivity contribution in [3.05, 3.63) is 0 Å². The smallest absolute Gasteiger partial charge is 0.326 e. The van der Waals surface area contributed by atoms with Crippen LogP contribution in [0, 0.1) is 5.92 Å². The number of hydrogen-bond donors (Lipinski definition) is 7. The zero-order valence-corrected chi connectivity index (χ0v) is 17.6. The van der Waals surface area contributed by atoms with Gasteiger partial charge in [0.05, 0.1) is 12.5 Å². The molecule has 176 valence electrons. The number of hydrogen-bond acceptors (Lipinski definition) is 7. The van der Waals surface area contributed by atoms with Gasteiger partial charge < -0.3 is 37.0 Å². The summed E-state index contributed by atoms with van der Waals surface area (Å²) in [5, 5.41) is 33.5. The van der Waals surface area contributed by atoms with E-state index in [4.69, 9.17) is 15.9 Å². The van der Waals surface area contributed by atoms with E-state index in [9.17, 15) is 33.9 Å². The summed E-state index contributed by atoms with van der Waals surface area (Å²) in [6.45, 7) is 4.57. The molecule has 5 atom stereocenters. The zero-order chi connectivity index (χ0) is 24.3. The highest BCUT2D eigenvalue weighted by molar-refractivity contribution is 5.95. The molecule has 0 saturated carbocycles. The normalized spacial score (nSPS) is 15.5. The Morgan fingerprint density at radius 2 is 1.42 bits per heavy atom. The first-order valence-corrected chi connectivity index (χ1v) is 9.63. The van der Waals surface area contributed by atoms with Crippen LogP contribution in [0.3, 0.4) is 0 Å². The van der Waals surface area contributed by atoms with Crippen LogP contribution in [0.4, 0.5) is 0 Å². The van der Waals surface area contributed by atoms with Crippen molar-refractivity contribution in [2.75, 3.05) is 0 Å². The molecule has 3 amide bonds. The van der Waals surface area contributed by atoms with Crippen molar-refractivity contribution in [3.8, 4) is 0 Å². The largest absolute Gasteiger partial charge is 0.481 e. The third-order valence-electron chi connectivity index (χ3n) is 4.55. The second-order valence-electron chi connectivity index (χ2n) is 7.14. The lowest BCUT2D eigenvalue weighted by atomic mass is 9.98. The third kappa shape index (κ3) is 10.4. The maximum absolute atomic E-state index is 12.4. The molecule has 8 N–H and O–H groups in total. The van der Waals surface area contributed by atoms with Crippen molar-refractivity contribution in [1.82, 2.24) is 16.0 Å². The molecule has 13 heteroatoms. The molecule has 0 fully saturated rings. The van der Waals surface area contributed by atoms with E-state index < -0.39 is 72.1 Å². The molecule has 0 aromatic rings. The summed E-state index contributed by atoms with van der Waals surface area (Å²) in [5.41, 5.74) is 5.55. The van der Waals surface area contributed by atoms with E-state index in [2.05, 4.69) is 16.0 Å². The maximum atomic E-state index is 12.4. The molecule has 0 aliphatic heterocycles. The van der Waals surface area contributed by atoms with Crippen LogP contribution in [0.25, 0.3) is 0 Å². The maximum Gasteiger partial charge on any atom is 0.326 e. The van der Waals surface area contributed by atoms with Crippen LogP contribution in [-0.4, -0.2) is 75.1 Å². The van der Waals surface area contributed by atoms with Gasteiger partial charge in [0.15, 0.2) is 0 Å². The van der Waals surface area contributed by atoms with Gasteiger partial charge >= 0.3 is 17.9 Å². The van der Waals surface area contributed by atoms with Gasteiger partial charge in [0.1, 0.15) is 18.1 Å². The summed E-state index contributed by atoms with van der Waals surface area (Å²) in [6, 6.07) is -5.28. The Balaban J connectivity index is 5.13. The molecule has 13 nitrogen and oxygen atoms in total. The number of nitrogens with two attached hydrogens (primary N) is 1. The molecule has 0 aromatic carbocycles. The van der Waals surface area contributed by atoms with Gasteiger partial charge in [-0.3, -0.25) is 24.0 Å². The highest BCUT2D eigenvalue weighted by atomic mass is 16.4. The first kappa shape index (κ1) is 27.8. The predicted octanol–water partition coefficient (Wildman–Crippen LogP) is -1.74. The van der Waals surface area contributed by atoms with Crippen LogP contribution in [-0.2, 0) is 28.8 Å². The second-order valence-corrected chi connectivity index (χ2v) is 7.14. The fourth-order valence-electron chi connectivity index (χ4n) is 2.41. The summed E-state index contributed by atoms with van der Waals surface area (Å²) >= 11 is 0. The molecule has 0 saturated heterocycles. The van der Waals surface area contributed by atoms with Gasteiger partial charge in [0.25, 0.3) is 0 Å². The third-order valence-corrected chi connectivity index (χ3v) is 4.55. The van der Waals surface area contributed by atoms with Gasteiger partial charge in [-0.05, 0) is 19.3 Å². The number of carboxylic acid groups (broad SMARTS) is 3. The van der Waals surface area contributed by atoms with Gasteiger partial charge in [0, 0.05) is 6.42 Å². The van der Waals surface area contributed by atoms with E-state index in [1.165, 1.54) is 6.92 Å². The van der Waals surface area contributed by atoms with E-state index in [0.717, 1.165) is 0 Å². The number of carbonyl (C=O) groups excluding carboxylic acids is 3. The van der Waals surface area contributed by atoms with Crippen molar-refractivity contribution in [2.45, 2.75) is 70.6 Å². The zero-order valence-electron chi connectivity index (χ0n) is 17.6. The summed E-state index contributed by atoms with van der Waals surface area (Å²) in [4.78, 5) is 69.7. The standard InChI is InChI=1S/C18H30N4O9/c1-4-8(2)14(18(30)31)22-17(29)11(7-13(25)26)21-15(27)9(3)20-16(28)10(19)5-6-12(23)24/h8-11,14H,4-7,19H2,1-3H3,(H,20,28)(H,21,27)(H,22,29)(H,23,24)(H,25,26)(H,30,31). The average molecular weight is 446 g/mol. The monoisotopic (exact) mass is 446 g/mol. The van der Waals surface area contributed by atoms with E-state index >= 15 is 0 Å². The Bertz CT molecular complexity index is 698. The van der Waals surface area contributed by atoms with Gasteiger partial charge in [0.2, 0.25) is 17.7 Å². The van der Waals surface area contributed by atoms with Crippen LogP contribution in [0.2, 0.25) is 0 Å². The average Bonchev–Trinajstić information content (AvgIpc) is 2.67. The molecule has 0 radical (unpaired) electrons. The first-order chi connectivity index (χ1) is 14.3.